The predicted molar refractivity (Wildman–Crippen MR) is 64.8 cm³/mol. The fourth-order valence-electron chi connectivity index (χ4n) is 1.29. The Kier molecular flexibility index (Phi) is 7.04. The van der Waals surface area contributed by atoms with Crippen LogP contribution in [-0.2, 0) is 23.8 Å². The van der Waals surface area contributed by atoms with E-state index in [-0.39, 0.29) is 12.5 Å². The van der Waals surface area contributed by atoms with Gasteiger partial charge in [-0.05, 0) is 25.3 Å². The molecule has 0 saturated heterocycles. The molecule has 0 N–H and O–H groups in total. The number of carbonyl (C=O) groups excluding carboxylic acids is 1. The highest BCUT2D eigenvalue weighted by molar-refractivity contribution is 7.87. The maximum Gasteiger partial charge on any atom is 0.534 e. The lowest BCUT2D eigenvalue weighted by Gasteiger charge is -2.13. The summed E-state index contributed by atoms with van der Waals surface area (Å²) in [4.78, 5) is 11.4. The van der Waals surface area contributed by atoms with Gasteiger partial charge in [0.2, 0.25) is 5.76 Å². The van der Waals surface area contributed by atoms with Crippen LogP contribution >= 0.6 is 0 Å². The van der Waals surface area contributed by atoms with E-state index in [1.54, 1.807) is 6.92 Å². The first-order valence-corrected chi connectivity index (χ1v) is 7.35. The fraction of sp³-hybridized carbons (Fsp3) is 0.727. The molecule has 0 radical (unpaired) electrons. The number of rotatable bonds is 7. The Bertz CT molecular complexity index is 453. The molecular weight excluding hydrogens is 301 g/mol. The van der Waals surface area contributed by atoms with Crippen LogP contribution in [0.15, 0.2) is 11.8 Å². The molecule has 0 aliphatic rings. The molecule has 118 valence electrons. The second kappa shape index (κ2) is 7.51. The highest BCUT2D eigenvalue weighted by atomic mass is 32.2. The van der Waals surface area contributed by atoms with E-state index in [1.165, 1.54) is 6.92 Å². The maximum atomic E-state index is 12.2. The second-order valence-corrected chi connectivity index (χ2v) is 5.54. The van der Waals surface area contributed by atoms with Crippen LogP contribution < -0.4 is 0 Å². The van der Waals surface area contributed by atoms with Crippen molar-refractivity contribution in [2.75, 3.05) is 6.61 Å². The monoisotopic (exact) mass is 318 g/mol. The van der Waals surface area contributed by atoms with Gasteiger partial charge in [-0.2, -0.15) is 21.6 Å². The Balaban J connectivity index is 5.31. The number of halogens is 3. The number of allylic oxidation sites excluding steroid dienone is 1. The average Bonchev–Trinajstić information content (AvgIpc) is 2.26. The Morgan fingerprint density at radius 3 is 2.25 bits per heavy atom. The third-order valence-electron chi connectivity index (χ3n) is 2.14. The Morgan fingerprint density at radius 2 is 1.85 bits per heavy atom. The van der Waals surface area contributed by atoms with Crippen molar-refractivity contribution in [2.24, 2.45) is 5.92 Å². The molecule has 0 spiro atoms. The molecule has 1 unspecified atom stereocenters. The van der Waals surface area contributed by atoms with Gasteiger partial charge in [0.05, 0.1) is 6.61 Å². The van der Waals surface area contributed by atoms with Gasteiger partial charge in [0.1, 0.15) is 0 Å². The van der Waals surface area contributed by atoms with Crippen LogP contribution in [0.4, 0.5) is 13.2 Å². The molecule has 5 nitrogen and oxygen atoms in total. The molecule has 0 fully saturated rings. The van der Waals surface area contributed by atoms with Gasteiger partial charge < -0.3 is 8.92 Å². The summed E-state index contributed by atoms with van der Waals surface area (Å²) in [5.41, 5.74) is -5.60. The van der Waals surface area contributed by atoms with Crippen LogP contribution in [0.1, 0.15) is 33.6 Å². The van der Waals surface area contributed by atoms with Gasteiger partial charge in [-0.1, -0.05) is 20.3 Å². The Hall–Kier alpha value is -1.25. The van der Waals surface area contributed by atoms with Crippen LogP contribution in [0.25, 0.3) is 0 Å². The molecule has 1 atom stereocenters. The first kappa shape index (κ1) is 18.8. The van der Waals surface area contributed by atoms with Gasteiger partial charge in [0, 0.05) is 0 Å². The quantitative estimate of drug-likeness (QED) is 0.237. The van der Waals surface area contributed by atoms with E-state index in [0.717, 1.165) is 6.08 Å². The summed E-state index contributed by atoms with van der Waals surface area (Å²) >= 11 is 0. The molecular formula is C11H17F3O5S. The zero-order chi connectivity index (χ0) is 16.0. The van der Waals surface area contributed by atoms with Gasteiger partial charge in [0.15, 0.2) is 0 Å². The highest BCUT2D eigenvalue weighted by Gasteiger charge is 2.49. The summed E-state index contributed by atoms with van der Waals surface area (Å²) in [5.74, 6) is -2.55. The van der Waals surface area contributed by atoms with Gasteiger partial charge in [-0.15, -0.1) is 0 Å². The van der Waals surface area contributed by atoms with E-state index in [1.807, 2.05) is 6.92 Å². The largest absolute Gasteiger partial charge is 0.534 e. The van der Waals surface area contributed by atoms with Crippen LogP contribution in [-0.4, -0.2) is 26.5 Å². The molecule has 0 aliphatic heterocycles. The topological polar surface area (TPSA) is 69.7 Å². The molecule has 9 heteroatoms. The van der Waals surface area contributed by atoms with E-state index in [2.05, 4.69) is 8.92 Å². The molecule has 20 heavy (non-hydrogen) atoms. The maximum absolute atomic E-state index is 12.2. The van der Waals surface area contributed by atoms with E-state index in [9.17, 15) is 26.4 Å². The van der Waals surface area contributed by atoms with E-state index >= 15 is 0 Å². The molecule has 0 aromatic heterocycles. The summed E-state index contributed by atoms with van der Waals surface area (Å²) in [6.07, 6.45) is 2.28. The molecule has 0 amide bonds. The lowest BCUT2D eigenvalue weighted by molar-refractivity contribution is -0.141. The molecule has 0 aromatic carbocycles. The van der Waals surface area contributed by atoms with Crippen LogP contribution in [0, 0.1) is 5.92 Å². The summed E-state index contributed by atoms with van der Waals surface area (Å²) in [6, 6.07) is 0. The van der Waals surface area contributed by atoms with Crippen LogP contribution in [0.3, 0.4) is 0 Å². The molecule has 0 saturated carbocycles. The van der Waals surface area contributed by atoms with Crippen molar-refractivity contribution in [3.8, 4) is 0 Å². The summed E-state index contributed by atoms with van der Waals surface area (Å²) in [5, 5.41) is 0. The van der Waals surface area contributed by atoms with E-state index < -0.39 is 27.4 Å². The van der Waals surface area contributed by atoms with Crippen LogP contribution in [0.5, 0.6) is 0 Å². The normalized spacial score (nSPS) is 14.8. The molecule has 0 bridgehead atoms. The first-order chi connectivity index (χ1) is 9.05. The van der Waals surface area contributed by atoms with Crippen LogP contribution in [0.2, 0.25) is 0 Å². The summed E-state index contributed by atoms with van der Waals surface area (Å²) in [6.45, 7) is 4.77. The third kappa shape index (κ3) is 5.81. The minimum atomic E-state index is -5.89. The summed E-state index contributed by atoms with van der Waals surface area (Å²) in [7, 11) is -5.89. The van der Waals surface area contributed by atoms with Crippen molar-refractivity contribution >= 4 is 16.1 Å². The van der Waals surface area contributed by atoms with Crippen molar-refractivity contribution < 1.29 is 35.3 Å². The van der Waals surface area contributed by atoms with Gasteiger partial charge >= 0.3 is 21.6 Å². The number of hydrogen-bond donors (Lipinski definition) is 0. The SMILES string of the molecule is CCCC(C)C=C(OS(=O)(=O)C(F)(F)F)C(=O)OCC. The van der Waals surface area contributed by atoms with Gasteiger partial charge in [0.25, 0.3) is 0 Å². The van der Waals surface area contributed by atoms with Crippen molar-refractivity contribution in [3.63, 3.8) is 0 Å². The fourth-order valence-corrected chi connectivity index (χ4v) is 1.75. The zero-order valence-corrected chi connectivity index (χ0v) is 12.2. The lowest BCUT2D eigenvalue weighted by Crippen LogP contribution is -2.27. The standard InChI is InChI=1S/C11H17F3O5S/c1-4-6-8(3)7-9(10(15)18-5-2)19-20(16,17)11(12,13)14/h7-8H,4-6H2,1-3H3. The highest BCUT2D eigenvalue weighted by Crippen LogP contribution is 2.27. The van der Waals surface area contributed by atoms with Gasteiger partial charge in [-0.25, -0.2) is 4.79 Å². The Morgan fingerprint density at radius 1 is 1.30 bits per heavy atom. The van der Waals surface area contributed by atoms with Gasteiger partial charge in [-0.3, -0.25) is 0 Å². The van der Waals surface area contributed by atoms with Crippen molar-refractivity contribution in [1.29, 1.82) is 0 Å². The number of carbonyl (C=O) groups is 1. The predicted octanol–water partition coefficient (Wildman–Crippen LogP) is 2.74. The third-order valence-corrected chi connectivity index (χ3v) is 3.11. The lowest BCUT2D eigenvalue weighted by atomic mass is 10.1. The minimum absolute atomic E-state index is 0.117. The minimum Gasteiger partial charge on any atom is -0.460 e. The molecule has 0 rings (SSSR count). The van der Waals surface area contributed by atoms with Crippen molar-refractivity contribution in [1.82, 2.24) is 0 Å². The number of esters is 1. The average molecular weight is 318 g/mol. The first-order valence-electron chi connectivity index (χ1n) is 5.94. The number of hydrogen-bond acceptors (Lipinski definition) is 5. The summed E-state index contributed by atoms with van der Waals surface area (Å²) < 4.78 is 66.9. The smallest absolute Gasteiger partial charge is 0.460 e. The van der Waals surface area contributed by atoms with E-state index in [4.69, 9.17) is 0 Å². The van der Waals surface area contributed by atoms with Crippen molar-refractivity contribution in [3.05, 3.63) is 11.8 Å². The molecule has 0 aromatic rings. The van der Waals surface area contributed by atoms with E-state index in [0.29, 0.717) is 12.8 Å². The number of alkyl halides is 3. The second-order valence-electron chi connectivity index (χ2n) is 4.00. The molecule has 0 heterocycles. The number of ether oxygens (including phenoxy) is 1. The van der Waals surface area contributed by atoms with Crippen molar-refractivity contribution in [2.45, 2.75) is 39.1 Å². The zero-order valence-electron chi connectivity index (χ0n) is 11.4. The Labute approximate surface area is 115 Å². The molecule has 0 aliphatic carbocycles.